The van der Waals surface area contributed by atoms with Crippen LogP contribution in [0.5, 0.6) is 0 Å². The van der Waals surface area contributed by atoms with Gasteiger partial charge in [0.1, 0.15) is 0 Å². The van der Waals surface area contributed by atoms with Crippen molar-refractivity contribution >= 4 is 0 Å². The lowest BCUT2D eigenvalue weighted by Crippen LogP contribution is -2.63. The van der Waals surface area contributed by atoms with E-state index in [4.69, 9.17) is 0 Å². The summed E-state index contributed by atoms with van der Waals surface area (Å²) in [5, 5.41) is 10.6. The summed E-state index contributed by atoms with van der Waals surface area (Å²) in [7, 11) is 0. The van der Waals surface area contributed by atoms with E-state index < -0.39 is 0 Å². The van der Waals surface area contributed by atoms with E-state index in [9.17, 15) is 5.11 Å². The highest BCUT2D eigenvalue weighted by molar-refractivity contribution is 5.02. The van der Waals surface area contributed by atoms with Gasteiger partial charge in [-0.2, -0.15) is 0 Å². The molecule has 2 saturated carbocycles. The molecule has 1 N–H and O–H groups in total. The van der Waals surface area contributed by atoms with Gasteiger partial charge in [-0.05, 0) is 49.9 Å². The molecule has 3 aliphatic rings. The molecule has 3 fully saturated rings. The number of nitrogens with zero attached hydrogens (tertiary/aromatic N) is 1. The lowest BCUT2D eigenvalue weighted by Gasteiger charge is -2.57. The quantitative estimate of drug-likeness (QED) is 0.816. The third kappa shape index (κ3) is 2.26. The fraction of sp³-hybridized carbons (Fsp3) is 1.00. The van der Waals surface area contributed by atoms with Crippen LogP contribution in [0, 0.1) is 11.3 Å². The summed E-state index contributed by atoms with van der Waals surface area (Å²) in [5.74, 6) is 0.879. The number of hydrogen-bond donors (Lipinski definition) is 1. The molecule has 2 nitrogen and oxygen atoms in total. The van der Waals surface area contributed by atoms with Crippen molar-refractivity contribution in [2.45, 2.75) is 63.9 Å². The summed E-state index contributed by atoms with van der Waals surface area (Å²) in [6.45, 7) is 5.77. The van der Waals surface area contributed by atoms with Crippen LogP contribution in [0.25, 0.3) is 0 Å². The molecule has 17 heavy (non-hydrogen) atoms. The summed E-state index contributed by atoms with van der Waals surface area (Å²) in [5.41, 5.74) is 0.355. The minimum absolute atomic E-state index is 0.350. The van der Waals surface area contributed by atoms with E-state index in [2.05, 4.69) is 11.8 Å². The lowest BCUT2D eigenvalue weighted by atomic mass is 9.63. The van der Waals surface area contributed by atoms with Crippen molar-refractivity contribution in [3.8, 4) is 0 Å². The zero-order chi connectivity index (χ0) is 11.9. The minimum Gasteiger partial charge on any atom is -0.389 e. The standard InChI is InChI=1S/C15H27NO/c1-2-13-4-8-15(17,9-5-13)12-16-10-14(11-16)6-3-7-14/h13,17H,2-12H2,1H3. The van der Waals surface area contributed by atoms with Gasteiger partial charge in [-0.15, -0.1) is 0 Å². The number of aliphatic hydroxyl groups is 1. The van der Waals surface area contributed by atoms with Gasteiger partial charge in [0.25, 0.3) is 0 Å². The maximum Gasteiger partial charge on any atom is 0.0774 e. The summed E-state index contributed by atoms with van der Waals surface area (Å²) in [6.07, 6.45) is 10.2. The molecule has 2 aliphatic carbocycles. The number of rotatable bonds is 3. The van der Waals surface area contributed by atoms with Crippen molar-refractivity contribution in [1.29, 1.82) is 0 Å². The van der Waals surface area contributed by atoms with Crippen LogP contribution in [-0.2, 0) is 0 Å². The first-order valence-corrected chi connectivity index (χ1v) is 7.58. The van der Waals surface area contributed by atoms with Gasteiger partial charge in [0.15, 0.2) is 0 Å². The second-order valence-electron chi connectivity index (χ2n) is 7.07. The largest absolute Gasteiger partial charge is 0.389 e. The second-order valence-corrected chi connectivity index (χ2v) is 7.07. The average Bonchev–Trinajstić information content (AvgIpc) is 2.21. The number of β-amino-alcohol motifs (C(OH)–C–C–N with tert-alkyl or cyclic N) is 1. The fourth-order valence-electron chi connectivity index (χ4n) is 4.20. The first-order chi connectivity index (χ1) is 8.13. The Labute approximate surface area is 105 Å². The molecule has 0 bridgehead atoms. The van der Waals surface area contributed by atoms with Crippen molar-refractivity contribution in [3.63, 3.8) is 0 Å². The van der Waals surface area contributed by atoms with Crippen molar-refractivity contribution in [2.24, 2.45) is 11.3 Å². The number of likely N-dealkylation sites (tertiary alicyclic amines) is 1. The SMILES string of the molecule is CCC1CCC(O)(CN2CC3(CCC3)C2)CC1. The van der Waals surface area contributed by atoms with E-state index in [0.717, 1.165) is 25.3 Å². The molecule has 0 aromatic rings. The van der Waals surface area contributed by atoms with Crippen LogP contribution < -0.4 is 0 Å². The average molecular weight is 237 g/mol. The molecule has 0 unspecified atom stereocenters. The highest BCUT2D eigenvalue weighted by atomic mass is 16.3. The van der Waals surface area contributed by atoms with Gasteiger partial charge in [-0.25, -0.2) is 0 Å². The van der Waals surface area contributed by atoms with Crippen molar-refractivity contribution in [2.75, 3.05) is 19.6 Å². The van der Waals surface area contributed by atoms with E-state index >= 15 is 0 Å². The van der Waals surface area contributed by atoms with Gasteiger partial charge in [0.2, 0.25) is 0 Å². The highest BCUT2D eigenvalue weighted by Gasteiger charge is 2.49. The molecule has 0 amide bonds. The van der Waals surface area contributed by atoms with Crippen LogP contribution in [0.2, 0.25) is 0 Å². The van der Waals surface area contributed by atoms with Crippen molar-refractivity contribution < 1.29 is 5.11 Å². The van der Waals surface area contributed by atoms with Gasteiger partial charge in [0.05, 0.1) is 5.60 Å². The molecule has 0 aromatic heterocycles. The molecule has 0 radical (unpaired) electrons. The predicted octanol–water partition coefficient (Wildman–Crippen LogP) is 2.80. The molecular weight excluding hydrogens is 210 g/mol. The van der Waals surface area contributed by atoms with Crippen LogP contribution in [0.15, 0.2) is 0 Å². The Kier molecular flexibility index (Phi) is 2.99. The molecule has 98 valence electrons. The van der Waals surface area contributed by atoms with Crippen molar-refractivity contribution in [3.05, 3.63) is 0 Å². The third-order valence-corrected chi connectivity index (χ3v) is 5.66. The van der Waals surface area contributed by atoms with Gasteiger partial charge in [-0.1, -0.05) is 19.8 Å². The van der Waals surface area contributed by atoms with E-state index in [1.807, 2.05) is 0 Å². The molecule has 1 spiro atoms. The van der Waals surface area contributed by atoms with Gasteiger partial charge in [-0.3, -0.25) is 4.90 Å². The van der Waals surface area contributed by atoms with Crippen LogP contribution >= 0.6 is 0 Å². The molecule has 1 saturated heterocycles. The molecular formula is C15H27NO. The Bertz CT molecular complexity index is 269. The van der Waals surface area contributed by atoms with E-state index in [1.165, 1.54) is 51.6 Å². The smallest absolute Gasteiger partial charge is 0.0774 e. The lowest BCUT2D eigenvalue weighted by molar-refractivity contribution is -0.113. The number of hydrogen-bond acceptors (Lipinski definition) is 2. The first kappa shape index (κ1) is 12.0. The zero-order valence-electron chi connectivity index (χ0n) is 11.2. The Balaban J connectivity index is 1.45. The van der Waals surface area contributed by atoms with E-state index in [-0.39, 0.29) is 5.60 Å². The topological polar surface area (TPSA) is 23.5 Å². The highest BCUT2D eigenvalue weighted by Crippen LogP contribution is 2.49. The Morgan fingerprint density at radius 3 is 2.24 bits per heavy atom. The normalized spacial score (nSPS) is 40.9. The maximum absolute atomic E-state index is 10.6. The van der Waals surface area contributed by atoms with E-state index in [1.54, 1.807) is 0 Å². The monoisotopic (exact) mass is 237 g/mol. The van der Waals surface area contributed by atoms with Crippen molar-refractivity contribution in [1.82, 2.24) is 4.90 Å². The summed E-state index contributed by atoms with van der Waals surface area (Å²) in [4.78, 5) is 2.51. The zero-order valence-corrected chi connectivity index (χ0v) is 11.2. The summed E-state index contributed by atoms with van der Waals surface area (Å²) in [6, 6.07) is 0. The Hall–Kier alpha value is -0.0800. The van der Waals surface area contributed by atoms with Gasteiger partial charge >= 0.3 is 0 Å². The Morgan fingerprint density at radius 2 is 1.76 bits per heavy atom. The summed E-state index contributed by atoms with van der Waals surface area (Å²) < 4.78 is 0. The predicted molar refractivity (Wildman–Crippen MR) is 69.9 cm³/mol. The van der Waals surface area contributed by atoms with Crippen LogP contribution in [0.4, 0.5) is 0 Å². The molecule has 1 heterocycles. The van der Waals surface area contributed by atoms with Gasteiger partial charge in [0, 0.05) is 19.6 Å². The van der Waals surface area contributed by atoms with Crippen LogP contribution in [-0.4, -0.2) is 35.2 Å². The molecule has 0 atom stereocenters. The maximum atomic E-state index is 10.6. The third-order valence-electron chi connectivity index (χ3n) is 5.66. The van der Waals surface area contributed by atoms with E-state index in [0.29, 0.717) is 5.41 Å². The van der Waals surface area contributed by atoms with Crippen LogP contribution in [0.3, 0.4) is 0 Å². The summed E-state index contributed by atoms with van der Waals surface area (Å²) >= 11 is 0. The minimum atomic E-state index is -0.350. The van der Waals surface area contributed by atoms with Crippen LogP contribution in [0.1, 0.15) is 58.3 Å². The molecule has 2 heteroatoms. The molecule has 1 aliphatic heterocycles. The second kappa shape index (κ2) is 4.24. The fourth-order valence-corrected chi connectivity index (χ4v) is 4.20. The molecule has 3 rings (SSSR count). The van der Waals surface area contributed by atoms with Gasteiger partial charge < -0.3 is 5.11 Å². The Morgan fingerprint density at radius 1 is 1.12 bits per heavy atom. The molecule has 0 aromatic carbocycles. The first-order valence-electron chi connectivity index (χ1n) is 7.58.